The van der Waals surface area contributed by atoms with Crippen molar-refractivity contribution in [1.29, 1.82) is 0 Å². The molecule has 1 aliphatic heterocycles. The van der Waals surface area contributed by atoms with Crippen molar-refractivity contribution in [2.24, 2.45) is 5.92 Å². The van der Waals surface area contributed by atoms with Crippen LogP contribution in [0.2, 0.25) is 0 Å². The molecule has 1 aliphatic rings. The van der Waals surface area contributed by atoms with Crippen LogP contribution >= 0.6 is 0 Å². The standard InChI is InChI=1S/C15H21NO4/c1-19-14-8-13(17)11(7-12(14)15(18)20-2)6-10-4-3-5-16-9-10/h7-8,10,16-17H,3-6,9H2,1-2H3. The first-order valence-electron chi connectivity index (χ1n) is 6.84. The van der Waals surface area contributed by atoms with Crippen LogP contribution in [0, 0.1) is 5.92 Å². The SMILES string of the molecule is COC(=O)c1cc(CC2CCCNC2)c(O)cc1OC. The molecule has 0 spiro atoms. The predicted octanol–water partition coefficient (Wildman–Crippen LogP) is 1.73. The maximum absolute atomic E-state index is 11.8. The van der Waals surface area contributed by atoms with Crippen molar-refractivity contribution in [3.63, 3.8) is 0 Å². The molecular formula is C15H21NO4. The third kappa shape index (κ3) is 3.22. The van der Waals surface area contributed by atoms with E-state index in [2.05, 4.69) is 5.32 Å². The second-order valence-electron chi connectivity index (χ2n) is 5.09. The molecule has 0 aromatic heterocycles. The molecule has 1 aromatic rings. The van der Waals surface area contributed by atoms with Gasteiger partial charge in [-0.05, 0) is 49.9 Å². The van der Waals surface area contributed by atoms with E-state index in [9.17, 15) is 9.90 Å². The Hall–Kier alpha value is -1.75. The zero-order chi connectivity index (χ0) is 14.5. The van der Waals surface area contributed by atoms with Crippen LogP contribution in [0.25, 0.3) is 0 Å². The van der Waals surface area contributed by atoms with Gasteiger partial charge in [-0.2, -0.15) is 0 Å². The van der Waals surface area contributed by atoms with Gasteiger partial charge in [0.1, 0.15) is 17.1 Å². The molecule has 0 saturated carbocycles. The number of hydrogen-bond donors (Lipinski definition) is 2. The third-order valence-corrected chi connectivity index (χ3v) is 3.71. The first kappa shape index (κ1) is 14.7. The van der Waals surface area contributed by atoms with E-state index in [-0.39, 0.29) is 5.75 Å². The normalized spacial score (nSPS) is 18.6. The summed E-state index contributed by atoms with van der Waals surface area (Å²) in [6.45, 7) is 2.00. The Labute approximate surface area is 118 Å². The van der Waals surface area contributed by atoms with E-state index in [0.717, 1.165) is 37.9 Å². The highest BCUT2D eigenvalue weighted by molar-refractivity contribution is 5.93. The number of rotatable bonds is 4. The smallest absolute Gasteiger partial charge is 0.341 e. The molecule has 1 fully saturated rings. The molecule has 2 N–H and O–H groups in total. The Morgan fingerprint density at radius 3 is 2.85 bits per heavy atom. The molecule has 1 saturated heterocycles. The van der Waals surface area contributed by atoms with Crippen LogP contribution in [-0.2, 0) is 11.2 Å². The van der Waals surface area contributed by atoms with Gasteiger partial charge in [0.2, 0.25) is 0 Å². The van der Waals surface area contributed by atoms with E-state index in [1.807, 2.05) is 0 Å². The largest absolute Gasteiger partial charge is 0.508 e. The third-order valence-electron chi connectivity index (χ3n) is 3.71. The molecule has 2 rings (SSSR count). The number of nitrogens with one attached hydrogen (secondary N) is 1. The number of phenolic OH excluding ortho intramolecular Hbond substituents is 1. The van der Waals surface area contributed by atoms with Gasteiger partial charge in [-0.3, -0.25) is 0 Å². The van der Waals surface area contributed by atoms with Crippen LogP contribution < -0.4 is 10.1 Å². The van der Waals surface area contributed by atoms with Crippen molar-refractivity contribution >= 4 is 5.97 Å². The van der Waals surface area contributed by atoms with Crippen molar-refractivity contribution in [2.45, 2.75) is 19.3 Å². The fourth-order valence-corrected chi connectivity index (χ4v) is 2.62. The lowest BCUT2D eigenvalue weighted by Gasteiger charge is -2.23. The topological polar surface area (TPSA) is 67.8 Å². The summed E-state index contributed by atoms with van der Waals surface area (Å²) in [6, 6.07) is 3.16. The minimum absolute atomic E-state index is 0.167. The fraction of sp³-hybridized carbons (Fsp3) is 0.533. The molecule has 5 nitrogen and oxygen atoms in total. The summed E-state index contributed by atoms with van der Waals surface area (Å²) in [7, 11) is 2.80. The minimum Gasteiger partial charge on any atom is -0.508 e. The van der Waals surface area contributed by atoms with Gasteiger partial charge in [0, 0.05) is 6.07 Å². The highest BCUT2D eigenvalue weighted by atomic mass is 16.5. The van der Waals surface area contributed by atoms with E-state index in [1.165, 1.54) is 20.3 Å². The number of methoxy groups -OCH3 is 2. The van der Waals surface area contributed by atoms with Gasteiger partial charge < -0.3 is 19.9 Å². The number of ether oxygens (including phenoxy) is 2. The lowest BCUT2D eigenvalue weighted by molar-refractivity contribution is 0.0597. The predicted molar refractivity (Wildman–Crippen MR) is 75.3 cm³/mol. The first-order chi connectivity index (χ1) is 9.65. The number of esters is 1. The van der Waals surface area contributed by atoms with Crippen LogP contribution in [0.4, 0.5) is 0 Å². The summed E-state index contributed by atoms with van der Waals surface area (Å²) in [4.78, 5) is 11.8. The molecule has 0 radical (unpaired) electrons. The van der Waals surface area contributed by atoms with Crippen LogP contribution in [0.15, 0.2) is 12.1 Å². The molecule has 0 aliphatic carbocycles. The van der Waals surface area contributed by atoms with Gasteiger partial charge in [-0.1, -0.05) is 0 Å². The van der Waals surface area contributed by atoms with Crippen LogP contribution in [0.1, 0.15) is 28.8 Å². The van der Waals surface area contributed by atoms with Crippen LogP contribution in [0.3, 0.4) is 0 Å². The van der Waals surface area contributed by atoms with Gasteiger partial charge >= 0.3 is 5.97 Å². The molecule has 1 heterocycles. The second kappa shape index (κ2) is 6.61. The first-order valence-corrected chi connectivity index (χ1v) is 6.84. The highest BCUT2D eigenvalue weighted by Gasteiger charge is 2.20. The lowest BCUT2D eigenvalue weighted by atomic mass is 9.91. The summed E-state index contributed by atoms with van der Waals surface area (Å²) in [5, 5.41) is 13.4. The maximum Gasteiger partial charge on any atom is 0.341 e. The zero-order valence-electron chi connectivity index (χ0n) is 11.9. The number of carbonyl (C=O) groups is 1. The van der Waals surface area contributed by atoms with Crippen molar-refractivity contribution in [3.05, 3.63) is 23.3 Å². The Kier molecular flexibility index (Phi) is 4.84. The Balaban J connectivity index is 2.25. The summed E-state index contributed by atoms with van der Waals surface area (Å²) >= 11 is 0. The molecule has 110 valence electrons. The van der Waals surface area contributed by atoms with Crippen molar-refractivity contribution < 1.29 is 19.4 Å². The average molecular weight is 279 g/mol. The summed E-state index contributed by atoms with van der Waals surface area (Å²) in [6.07, 6.45) is 3.02. The average Bonchev–Trinajstić information content (AvgIpc) is 2.49. The molecular weight excluding hydrogens is 258 g/mol. The van der Waals surface area contributed by atoms with E-state index in [0.29, 0.717) is 17.2 Å². The quantitative estimate of drug-likeness (QED) is 0.822. The fourth-order valence-electron chi connectivity index (χ4n) is 2.62. The molecule has 0 bridgehead atoms. The molecule has 0 amide bonds. The molecule has 1 aromatic carbocycles. The van der Waals surface area contributed by atoms with E-state index in [4.69, 9.17) is 9.47 Å². The number of aromatic hydroxyl groups is 1. The monoisotopic (exact) mass is 279 g/mol. The van der Waals surface area contributed by atoms with Crippen molar-refractivity contribution in [1.82, 2.24) is 5.32 Å². The van der Waals surface area contributed by atoms with Gasteiger partial charge in [0.25, 0.3) is 0 Å². The summed E-state index contributed by atoms with van der Waals surface area (Å²) in [5.74, 6) is 0.526. The minimum atomic E-state index is -0.454. The Bertz CT molecular complexity index is 481. The Morgan fingerprint density at radius 1 is 1.45 bits per heavy atom. The maximum atomic E-state index is 11.8. The van der Waals surface area contributed by atoms with Crippen LogP contribution in [-0.4, -0.2) is 38.4 Å². The van der Waals surface area contributed by atoms with Gasteiger partial charge in [-0.15, -0.1) is 0 Å². The van der Waals surface area contributed by atoms with Crippen LogP contribution in [0.5, 0.6) is 11.5 Å². The Morgan fingerprint density at radius 2 is 2.25 bits per heavy atom. The van der Waals surface area contributed by atoms with Gasteiger partial charge in [-0.25, -0.2) is 4.79 Å². The lowest BCUT2D eigenvalue weighted by Crippen LogP contribution is -2.30. The van der Waals surface area contributed by atoms with E-state index < -0.39 is 5.97 Å². The second-order valence-corrected chi connectivity index (χ2v) is 5.09. The molecule has 20 heavy (non-hydrogen) atoms. The number of benzene rings is 1. The molecule has 5 heteroatoms. The van der Waals surface area contributed by atoms with Gasteiger partial charge in [0.05, 0.1) is 14.2 Å². The van der Waals surface area contributed by atoms with Gasteiger partial charge in [0.15, 0.2) is 0 Å². The van der Waals surface area contributed by atoms with E-state index >= 15 is 0 Å². The van der Waals surface area contributed by atoms with Crippen molar-refractivity contribution in [3.8, 4) is 11.5 Å². The van der Waals surface area contributed by atoms with Crippen molar-refractivity contribution in [2.75, 3.05) is 27.3 Å². The zero-order valence-corrected chi connectivity index (χ0v) is 11.9. The van der Waals surface area contributed by atoms with E-state index in [1.54, 1.807) is 6.07 Å². The number of phenols is 1. The summed E-state index contributed by atoms with van der Waals surface area (Å²) in [5.41, 5.74) is 1.12. The molecule has 1 unspecified atom stereocenters. The summed E-state index contributed by atoms with van der Waals surface area (Å²) < 4.78 is 9.87. The number of carbonyl (C=O) groups excluding carboxylic acids is 1. The highest BCUT2D eigenvalue weighted by Crippen LogP contribution is 2.31. The molecule has 1 atom stereocenters. The number of piperidine rings is 1. The number of hydrogen-bond acceptors (Lipinski definition) is 5.